The second kappa shape index (κ2) is 6.91. The molecular formula is C15H25N5O2. The maximum atomic E-state index is 12.5. The van der Waals surface area contributed by atoms with Crippen molar-refractivity contribution in [2.24, 2.45) is 5.41 Å². The Morgan fingerprint density at radius 1 is 1.59 bits per heavy atom. The summed E-state index contributed by atoms with van der Waals surface area (Å²) in [4.78, 5) is 32.7. The SMILES string of the molecule is CCN1CCC[C@](C)(C(=O)NCCc2nc(N)cc(=O)[nH]2)C1. The Labute approximate surface area is 130 Å². The summed E-state index contributed by atoms with van der Waals surface area (Å²) in [6, 6.07) is 1.24. The number of hydrogen-bond donors (Lipinski definition) is 3. The van der Waals surface area contributed by atoms with Crippen molar-refractivity contribution in [1.29, 1.82) is 0 Å². The Morgan fingerprint density at radius 3 is 3.05 bits per heavy atom. The number of aromatic amines is 1. The number of rotatable bonds is 5. The van der Waals surface area contributed by atoms with Gasteiger partial charge in [0.25, 0.3) is 5.56 Å². The molecule has 1 saturated heterocycles. The van der Waals surface area contributed by atoms with E-state index in [-0.39, 0.29) is 22.7 Å². The van der Waals surface area contributed by atoms with Gasteiger partial charge in [0.1, 0.15) is 11.6 Å². The molecule has 1 aromatic rings. The number of amides is 1. The molecule has 2 rings (SSSR count). The Balaban J connectivity index is 1.88. The standard InChI is InChI=1S/C15H25N5O2/c1-3-20-8-4-6-15(2,10-20)14(22)17-7-5-12-18-11(16)9-13(21)19-12/h9H,3-8,10H2,1-2H3,(H,17,22)(H3,16,18,19,21)/t15-/m0/s1. The van der Waals surface area contributed by atoms with Gasteiger partial charge < -0.3 is 20.9 Å². The summed E-state index contributed by atoms with van der Waals surface area (Å²) in [7, 11) is 0. The van der Waals surface area contributed by atoms with Gasteiger partial charge in [-0.25, -0.2) is 4.98 Å². The molecule has 1 aromatic heterocycles. The molecule has 0 radical (unpaired) electrons. The summed E-state index contributed by atoms with van der Waals surface area (Å²) >= 11 is 0. The Morgan fingerprint density at radius 2 is 2.36 bits per heavy atom. The number of H-pyrrole nitrogens is 1. The molecule has 1 aliphatic heterocycles. The van der Waals surface area contributed by atoms with Crippen LogP contribution in [0.4, 0.5) is 5.82 Å². The second-order valence-electron chi connectivity index (χ2n) is 6.16. The van der Waals surface area contributed by atoms with E-state index in [1.54, 1.807) is 0 Å². The fourth-order valence-electron chi connectivity index (χ4n) is 2.95. The van der Waals surface area contributed by atoms with Gasteiger partial charge in [-0.1, -0.05) is 6.92 Å². The number of piperidine rings is 1. The number of nitrogens with two attached hydrogens (primary N) is 1. The topological polar surface area (TPSA) is 104 Å². The first-order valence-corrected chi connectivity index (χ1v) is 7.79. The number of anilines is 1. The van der Waals surface area contributed by atoms with Crippen molar-refractivity contribution in [3.8, 4) is 0 Å². The third-order valence-electron chi connectivity index (χ3n) is 4.23. The van der Waals surface area contributed by atoms with Crippen molar-refractivity contribution >= 4 is 11.7 Å². The monoisotopic (exact) mass is 307 g/mol. The maximum absolute atomic E-state index is 12.5. The molecule has 0 spiro atoms. The van der Waals surface area contributed by atoms with Crippen molar-refractivity contribution in [3.63, 3.8) is 0 Å². The van der Waals surface area contributed by atoms with Crippen LogP contribution >= 0.6 is 0 Å². The van der Waals surface area contributed by atoms with Crippen molar-refractivity contribution < 1.29 is 4.79 Å². The number of hydrogen-bond acceptors (Lipinski definition) is 5. The largest absolute Gasteiger partial charge is 0.383 e. The molecule has 4 N–H and O–H groups in total. The van der Waals surface area contributed by atoms with Crippen LogP contribution in [0.1, 0.15) is 32.5 Å². The van der Waals surface area contributed by atoms with Crippen molar-refractivity contribution in [2.75, 3.05) is 31.9 Å². The molecule has 0 unspecified atom stereocenters. The minimum atomic E-state index is -0.342. The lowest BCUT2D eigenvalue weighted by Crippen LogP contribution is -2.50. The normalized spacial score (nSPS) is 22.5. The van der Waals surface area contributed by atoms with Gasteiger partial charge in [-0.3, -0.25) is 9.59 Å². The van der Waals surface area contributed by atoms with Gasteiger partial charge in [0.2, 0.25) is 5.91 Å². The van der Waals surface area contributed by atoms with Crippen LogP contribution in [0.2, 0.25) is 0 Å². The number of carbonyl (C=O) groups is 1. The van der Waals surface area contributed by atoms with E-state index in [1.807, 2.05) is 6.92 Å². The first-order valence-electron chi connectivity index (χ1n) is 7.79. The van der Waals surface area contributed by atoms with Crippen LogP contribution in [-0.4, -0.2) is 47.0 Å². The van der Waals surface area contributed by atoms with Gasteiger partial charge in [-0.15, -0.1) is 0 Å². The Kier molecular flexibility index (Phi) is 5.18. The average molecular weight is 307 g/mol. The summed E-state index contributed by atoms with van der Waals surface area (Å²) in [5.41, 5.74) is 4.92. The van der Waals surface area contributed by atoms with Gasteiger partial charge >= 0.3 is 0 Å². The lowest BCUT2D eigenvalue weighted by Gasteiger charge is -2.38. The third kappa shape index (κ3) is 4.07. The van der Waals surface area contributed by atoms with Crippen molar-refractivity contribution in [1.82, 2.24) is 20.2 Å². The molecule has 0 aliphatic carbocycles. The molecule has 1 aliphatic rings. The van der Waals surface area contributed by atoms with Crippen LogP contribution in [0.3, 0.4) is 0 Å². The molecule has 0 saturated carbocycles. The zero-order valence-electron chi connectivity index (χ0n) is 13.3. The number of aromatic nitrogens is 2. The average Bonchev–Trinajstić information content (AvgIpc) is 2.46. The fraction of sp³-hybridized carbons (Fsp3) is 0.667. The summed E-state index contributed by atoms with van der Waals surface area (Å²) in [6.45, 7) is 7.40. The zero-order valence-corrected chi connectivity index (χ0v) is 13.3. The molecule has 0 bridgehead atoms. The minimum Gasteiger partial charge on any atom is -0.383 e. The molecule has 1 amide bonds. The lowest BCUT2D eigenvalue weighted by atomic mass is 9.81. The van der Waals surface area contributed by atoms with Crippen LogP contribution in [0.5, 0.6) is 0 Å². The molecular weight excluding hydrogens is 282 g/mol. The van der Waals surface area contributed by atoms with E-state index in [4.69, 9.17) is 5.73 Å². The number of nitrogen functional groups attached to an aromatic ring is 1. The van der Waals surface area contributed by atoms with Crippen LogP contribution < -0.4 is 16.6 Å². The van der Waals surface area contributed by atoms with Gasteiger partial charge in [0.15, 0.2) is 0 Å². The van der Waals surface area contributed by atoms with Gasteiger partial charge in [-0.05, 0) is 32.9 Å². The highest BCUT2D eigenvalue weighted by atomic mass is 16.2. The number of nitrogens with zero attached hydrogens (tertiary/aromatic N) is 2. The maximum Gasteiger partial charge on any atom is 0.252 e. The van der Waals surface area contributed by atoms with E-state index < -0.39 is 0 Å². The summed E-state index contributed by atoms with van der Waals surface area (Å²) in [5.74, 6) is 0.758. The Bertz CT molecular complexity index is 586. The number of nitrogens with one attached hydrogen (secondary N) is 2. The first-order chi connectivity index (χ1) is 10.4. The molecule has 122 valence electrons. The van der Waals surface area contributed by atoms with E-state index in [2.05, 4.69) is 27.1 Å². The molecule has 0 aromatic carbocycles. The van der Waals surface area contributed by atoms with Gasteiger partial charge in [0, 0.05) is 25.6 Å². The number of carbonyl (C=O) groups excluding carboxylic acids is 1. The van der Waals surface area contributed by atoms with E-state index in [1.165, 1.54) is 6.07 Å². The quantitative estimate of drug-likeness (QED) is 0.717. The molecule has 2 heterocycles. The third-order valence-corrected chi connectivity index (χ3v) is 4.23. The van der Waals surface area contributed by atoms with Gasteiger partial charge in [-0.2, -0.15) is 0 Å². The van der Waals surface area contributed by atoms with E-state index in [0.29, 0.717) is 18.8 Å². The molecule has 1 fully saturated rings. The highest BCUT2D eigenvalue weighted by Crippen LogP contribution is 2.29. The molecule has 7 nitrogen and oxygen atoms in total. The smallest absolute Gasteiger partial charge is 0.252 e. The zero-order chi connectivity index (χ0) is 16.2. The van der Waals surface area contributed by atoms with Gasteiger partial charge in [0.05, 0.1) is 5.41 Å². The van der Waals surface area contributed by atoms with Crippen molar-refractivity contribution in [2.45, 2.75) is 33.1 Å². The van der Waals surface area contributed by atoms with Crippen LogP contribution in [0.25, 0.3) is 0 Å². The van der Waals surface area contributed by atoms with E-state index >= 15 is 0 Å². The number of likely N-dealkylation sites (tertiary alicyclic amines) is 1. The van der Waals surface area contributed by atoms with Crippen LogP contribution in [0.15, 0.2) is 10.9 Å². The first kappa shape index (κ1) is 16.5. The highest BCUT2D eigenvalue weighted by Gasteiger charge is 2.36. The van der Waals surface area contributed by atoms with Crippen LogP contribution in [-0.2, 0) is 11.2 Å². The predicted molar refractivity (Wildman–Crippen MR) is 85.4 cm³/mol. The van der Waals surface area contributed by atoms with E-state index in [0.717, 1.165) is 32.5 Å². The lowest BCUT2D eigenvalue weighted by molar-refractivity contribution is -0.133. The molecule has 7 heteroatoms. The molecule has 22 heavy (non-hydrogen) atoms. The Hall–Kier alpha value is -1.89. The predicted octanol–water partition coefficient (Wildman–Crippen LogP) is 0.133. The fourth-order valence-corrected chi connectivity index (χ4v) is 2.95. The summed E-state index contributed by atoms with van der Waals surface area (Å²) in [6.07, 6.45) is 2.41. The van der Waals surface area contributed by atoms with E-state index in [9.17, 15) is 9.59 Å². The summed E-state index contributed by atoms with van der Waals surface area (Å²) in [5, 5.41) is 2.96. The summed E-state index contributed by atoms with van der Waals surface area (Å²) < 4.78 is 0. The molecule has 1 atom stereocenters. The highest BCUT2D eigenvalue weighted by molar-refractivity contribution is 5.82. The van der Waals surface area contributed by atoms with Crippen molar-refractivity contribution in [3.05, 3.63) is 22.2 Å². The van der Waals surface area contributed by atoms with Crippen LogP contribution in [0, 0.1) is 5.41 Å². The minimum absolute atomic E-state index is 0.0666. The second-order valence-corrected chi connectivity index (χ2v) is 6.16.